The molecular weight excluding hydrogens is 348 g/mol. The van der Waals surface area contributed by atoms with Gasteiger partial charge < -0.3 is 10.2 Å². The lowest BCUT2D eigenvalue weighted by atomic mass is 9.97. The van der Waals surface area contributed by atoms with E-state index in [1.165, 1.54) is 11.1 Å². The predicted molar refractivity (Wildman–Crippen MR) is 113 cm³/mol. The first-order valence-corrected chi connectivity index (χ1v) is 9.76. The lowest BCUT2D eigenvalue weighted by molar-refractivity contribution is -0.116. The first-order chi connectivity index (χ1) is 13.6. The minimum atomic E-state index is 0.0476. The summed E-state index contributed by atoms with van der Waals surface area (Å²) in [4.78, 5) is 14.7. The largest absolute Gasteiger partial charge is 0.378 e. The maximum atomic E-state index is 12.6. The summed E-state index contributed by atoms with van der Waals surface area (Å²) in [6, 6.07) is 18.7. The second-order valence-electron chi connectivity index (χ2n) is 7.62. The van der Waals surface area contributed by atoms with Crippen molar-refractivity contribution in [2.24, 2.45) is 0 Å². The fourth-order valence-corrected chi connectivity index (χ4v) is 3.91. The second-order valence-corrected chi connectivity index (χ2v) is 7.62. The van der Waals surface area contributed by atoms with Crippen LogP contribution in [0.5, 0.6) is 0 Å². The van der Waals surface area contributed by atoms with Crippen LogP contribution in [0.3, 0.4) is 0 Å². The highest BCUT2D eigenvalue weighted by Crippen LogP contribution is 2.35. The molecule has 2 aromatic carbocycles. The zero-order chi connectivity index (χ0) is 19.5. The van der Waals surface area contributed by atoms with E-state index in [1.54, 1.807) is 6.20 Å². The van der Waals surface area contributed by atoms with Gasteiger partial charge in [0, 0.05) is 32.3 Å². The Hall–Kier alpha value is -3.08. The molecule has 0 aliphatic heterocycles. The van der Waals surface area contributed by atoms with Gasteiger partial charge in [-0.25, -0.2) is 4.68 Å². The van der Waals surface area contributed by atoms with Crippen LogP contribution in [0.1, 0.15) is 35.4 Å². The van der Waals surface area contributed by atoms with E-state index in [9.17, 15) is 4.79 Å². The summed E-state index contributed by atoms with van der Waals surface area (Å²) in [7, 11) is 4.05. The van der Waals surface area contributed by atoms with E-state index in [4.69, 9.17) is 0 Å². The average Bonchev–Trinajstić information content (AvgIpc) is 3.29. The number of anilines is 2. The van der Waals surface area contributed by atoms with Gasteiger partial charge in [-0.05, 0) is 47.6 Å². The van der Waals surface area contributed by atoms with E-state index in [0.29, 0.717) is 18.9 Å². The number of hydrogen-bond acceptors (Lipinski definition) is 3. The number of rotatable bonds is 6. The van der Waals surface area contributed by atoms with Crippen molar-refractivity contribution in [3.05, 3.63) is 77.5 Å². The molecule has 4 rings (SSSR count). The van der Waals surface area contributed by atoms with Gasteiger partial charge in [0.25, 0.3) is 0 Å². The zero-order valence-corrected chi connectivity index (χ0v) is 16.4. The summed E-state index contributed by atoms with van der Waals surface area (Å²) in [6.07, 6.45) is 4.35. The van der Waals surface area contributed by atoms with E-state index >= 15 is 0 Å². The van der Waals surface area contributed by atoms with Gasteiger partial charge in [-0.15, -0.1) is 0 Å². The van der Waals surface area contributed by atoms with Crippen molar-refractivity contribution >= 4 is 17.4 Å². The van der Waals surface area contributed by atoms with Gasteiger partial charge in [0.15, 0.2) is 0 Å². The number of fused-ring (bicyclic) bond motifs is 1. The van der Waals surface area contributed by atoms with Crippen molar-refractivity contribution in [1.29, 1.82) is 0 Å². The fraction of sp³-hybridized carbons (Fsp3) is 0.304. The van der Waals surface area contributed by atoms with Crippen molar-refractivity contribution in [2.45, 2.75) is 31.7 Å². The molecule has 1 aliphatic rings. The Morgan fingerprint density at radius 3 is 2.71 bits per heavy atom. The topological polar surface area (TPSA) is 50.2 Å². The minimum Gasteiger partial charge on any atom is -0.378 e. The van der Waals surface area contributed by atoms with Crippen molar-refractivity contribution < 1.29 is 4.79 Å². The molecule has 0 bridgehead atoms. The highest BCUT2D eigenvalue weighted by Gasteiger charge is 2.24. The number of carbonyl (C=O) groups excluding carboxylic acids is 1. The number of amides is 1. The lowest BCUT2D eigenvalue weighted by Gasteiger charge is -2.14. The zero-order valence-electron chi connectivity index (χ0n) is 16.4. The molecule has 3 aromatic rings. The Balaban J connectivity index is 1.40. The number of hydrogen-bond donors (Lipinski definition) is 1. The average molecular weight is 374 g/mol. The fourth-order valence-electron chi connectivity index (χ4n) is 3.91. The predicted octanol–water partition coefficient (Wildman–Crippen LogP) is 4.06. The van der Waals surface area contributed by atoms with Crippen LogP contribution < -0.4 is 10.2 Å². The van der Waals surface area contributed by atoms with E-state index in [1.807, 2.05) is 24.8 Å². The molecular formula is C23H26N4O. The number of nitrogens with one attached hydrogen (secondary N) is 1. The third-order valence-corrected chi connectivity index (χ3v) is 5.46. The van der Waals surface area contributed by atoms with E-state index in [0.717, 1.165) is 29.9 Å². The molecule has 144 valence electrons. The Kier molecular flexibility index (Phi) is 5.15. The van der Waals surface area contributed by atoms with E-state index < -0.39 is 0 Å². The summed E-state index contributed by atoms with van der Waals surface area (Å²) >= 11 is 0. The molecule has 0 saturated carbocycles. The first-order valence-electron chi connectivity index (χ1n) is 9.76. The van der Waals surface area contributed by atoms with Crippen LogP contribution in [0.15, 0.2) is 60.8 Å². The van der Waals surface area contributed by atoms with Crippen LogP contribution in [-0.4, -0.2) is 29.8 Å². The summed E-state index contributed by atoms with van der Waals surface area (Å²) in [5, 5.41) is 7.43. The van der Waals surface area contributed by atoms with Crippen LogP contribution in [0.25, 0.3) is 0 Å². The number of aryl methyl sites for hydroxylation is 1. The third kappa shape index (κ3) is 3.93. The molecule has 5 nitrogen and oxygen atoms in total. The van der Waals surface area contributed by atoms with Crippen LogP contribution in [-0.2, 0) is 17.8 Å². The van der Waals surface area contributed by atoms with E-state index in [-0.39, 0.29) is 5.91 Å². The van der Waals surface area contributed by atoms with E-state index in [2.05, 4.69) is 63.8 Å². The molecule has 0 spiro atoms. The van der Waals surface area contributed by atoms with Gasteiger partial charge in [0.05, 0.1) is 12.7 Å². The van der Waals surface area contributed by atoms with Crippen molar-refractivity contribution in [1.82, 2.24) is 9.78 Å². The highest BCUT2D eigenvalue weighted by molar-refractivity contribution is 5.90. The SMILES string of the molecule is CN(C)c1ccc(Cn2nccc2NC(=O)CC2CCc3ccccc32)cc1. The highest BCUT2D eigenvalue weighted by atomic mass is 16.1. The molecule has 1 atom stereocenters. The summed E-state index contributed by atoms with van der Waals surface area (Å²) < 4.78 is 1.84. The third-order valence-electron chi connectivity index (χ3n) is 5.46. The van der Waals surface area contributed by atoms with Gasteiger partial charge in [-0.3, -0.25) is 4.79 Å². The Bertz CT molecular complexity index is 959. The molecule has 1 aliphatic carbocycles. The van der Waals surface area contributed by atoms with Gasteiger partial charge >= 0.3 is 0 Å². The van der Waals surface area contributed by atoms with Crippen molar-refractivity contribution in [2.75, 3.05) is 24.3 Å². The molecule has 0 fully saturated rings. The molecule has 5 heteroatoms. The van der Waals surface area contributed by atoms with Crippen LogP contribution in [0.4, 0.5) is 11.5 Å². The first kappa shape index (κ1) is 18.3. The summed E-state index contributed by atoms with van der Waals surface area (Å²) in [6.45, 7) is 0.628. The Morgan fingerprint density at radius 2 is 1.93 bits per heavy atom. The van der Waals surface area contributed by atoms with Crippen LogP contribution in [0, 0.1) is 0 Å². The molecule has 1 heterocycles. The summed E-state index contributed by atoms with van der Waals surface area (Å²) in [5.74, 6) is 1.10. The van der Waals surface area contributed by atoms with Gasteiger partial charge in [-0.1, -0.05) is 36.4 Å². The van der Waals surface area contributed by atoms with Crippen LogP contribution >= 0.6 is 0 Å². The van der Waals surface area contributed by atoms with Gasteiger partial charge in [-0.2, -0.15) is 5.10 Å². The Labute approximate surface area is 166 Å². The molecule has 0 radical (unpaired) electrons. The number of aromatic nitrogens is 2. The number of carbonyl (C=O) groups is 1. The lowest BCUT2D eigenvalue weighted by Crippen LogP contribution is -2.18. The van der Waals surface area contributed by atoms with Gasteiger partial charge in [0.2, 0.25) is 5.91 Å². The second kappa shape index (κ2) is 7.89. The number of benzene rings is 2. The van der Waals surface area contributed by atoms with Crippen molar-refractivity contribution in [3.63, 3.8) is 0 Å². The monoisotopic (exact) mass is 374 g/mol. The smallest absolute Gasteiger partial charge is 0.226 e. The molecule has 28 heavy (non-hydrogen) atoms. The minimum absolute atomic E-state index is 0.0476. The molecule has 0 saturated heterocycles. The maximum absolute atomic E-state index is 12.6. The number of nitrogens with zero attached hydrogens (tertiary/aromatic N) is 3. The standard InChI is InChI=1S/C23H26N4O/c1-26(2)20-11-7-17(8-12-20)16-27-22(13-14-24-27)25-23(28)15-19-10-9-18-5-3-4-6-21(18)19/h3-8,11-14,19H,9-10,15-16H2,1-2H3,(H,25,28). The molecule has 1 aromatic heterocycles. The molecule has 1 amide bonds. The quantitative estimate of drug-likeness (QED) is 0.708. The Morgan fingerprint density at radius 1 is 1.14 bits per heavy atom. The van der Waals surface area contributed by atoms with Crippen molar-refractivity contribution in [3.8, 4) is 0 Å². The maximum Gasteiger partial charge on any atom is 0.226 e. The molecule has 1 N–H and O–H groups in total. The van der Waals surface area contributed by atoms with Gasteiger partial charge in [0.1, 0.15) is 5.82 Å². The normalized spacial score (nSPS) is 15.3. The van der Waals surface area contributed by atoms with Crippen LogP contribution in [0.2, 0.25) is 0 Å². The summed E-state index contributed by atoms with van der Waals surface area (Å²) in [5.41, 5.74) is 5.02. The molecule has 1 unspecified atom stereocenters.